The molecule has 0 saturated carbocycles. The van der Waals surface area contributed by atoms with Gasteiger partial charge in [0.15, 0.2) is 0 Å². The number of thiophene rings is 1. The van der Waals surface area contributed by atoms with Gasteiger partial charge in [-0.25, -0.2) is 4.39 Å². The van der Waals surface area contributed by atoms with Gasteiger partial charge in [-0.2, -0.15) is 11.3 Å². The number of fused-ring (bicyclic) bond motifs is 1. The Bertz CT molecular complexity index is 809. The lowest BCUT2D eigenvalue weighted by molar-refractivity contribution is 0.0952. The molecule has 106 valence electrons. The second-order valence-corrected chi connectivity index (χ2v) is 5.65. The normalized spacial score (nSPS) is 10.8. The highest BCUT2D eigenvalue weighted by molar-refractivity contribution is 7.08. The molecule has 0 spiro atoms. The molecular weight excluding hydrogens is 285 g/mol. The van der Waals surface area contributed by atoms with Crippen LogP contribution in [0.5, 0.6) is 0 Å². The number of carbonyl (C=O) groups excluding carboxylic acids is 1. The Kier molecular flexibility index (Phi) is 3.71. The summed E-state index contributed by atoms with van der Waals surface area (Å²) in [5.41, 5.74) is 2.78. The van der Waals surface area contributed by atoms with Crippen LogP contribution in [-0.2, 0) is 6.54 Å². The second-order valence-electron chi connectivity index (χ2n) is 4.90. The quantitative estimate of drug-likeness (QED) is 0.768. The van der Waals surface area contributed by atoms with Gasteiger partial charge in [0.1, 0.15) is 5.82 Å². The van der Waals surface area contributed by atoms with E-state index in [9.17, 15) is 9.18 Å². The maximum Gasteiger partial charge on any atom is 0.252 e. The maximum absolute atomic E-state index is 13.8. The van der Waals surface area contributed by atoms with E-state index in [2.05, 4.69) is 10.7 Å². The largest absolute Gasteiger partial charge is 0.348 e. The summed E-state index contributed by atoms with van der Waals surface area (Å²) < 4.78 is 13.8. The molecule has 0 saturated heterocycles. The van der Waals surface area contributed by atoms with Crippen LogP contribution in [0.1, 0.15) is 21.5 Å². The fraction of sp³-hybridized carbons (Fsp3) is 0.118. The first-order chi connectivity index (χ1) is 10.2. The number of carbonyl (C=O) groups is 1. The lowest BCUT2D eigenvalue weighted by Crippen LogP contribution is -2.23. The van der Waals surface area contributed by atoms with E-state index in [1.54, 1.807) is 29.5 Å². The number of benzene rings is 2. The van der Waals surface area contributed by atoms with E-state index < -0.39 is 0 Å². The molecule has 0 unspecified atom stereocenters. The number of aryl methyl sites for hydroxylation is 1. The number of hydrogen-bond acceptors (Lipinski definition) is 2. The van der Waals surface area contributed by atoms with Gasteiger partial charge in [0.05, 0.1) is 0 Å². The van der Waals surface area contributed by atoms with E-state index in [4.69, 9.17) is 0 Å². The van der Waals surface area contributed by atoms with Gasteiger partial charge < -0.3 is 5.32 Å². The molecule has 0 aliphatic carbocycles. The van der Waals surface area contributed by atoms with Gasteiger partial charge in [-0.3, -0.25) is 4.79 Å². The van der Waals surface area contributed by atoms with Crippen molar-refractivity contribution in [2.24, 2.45) is 0 Å². The van der Waals surface area contributed by atoms with Gasteiger partial charge in [-0.05, 0) is 46.3 Å². The molecule has 21 heavy (non-hydrogen) atoms. The van der Waals surface area contributed by atoms with E-state index in [-0.39, 0.29) is 11.7 Å². The van der Waals surface area contributed by atoms with E-state index >= 15 is 0 Å². The van der Waals surface area contributed by atoms with Gasteiger partial charge in [-0.1, -0.05) is 24.3 Å². The summed E-state index contributed by atoms with van der Waals surface area (Å²) in [6.07, 6.45) is 0. The smallest absolute Gasteiger partial charge is 0.252 e. The van der Waals surface area contributed by atoms with E-state index in [0.29, 0.717) is 22.9 Å². The van der Waals surface area contributed by atoms with Crippen LogP contribution < -0.4 is 5.32 Å². The summed E-state index contributed by atoms with van der Waals surface area (Å²) in [7, 11) is 0. The maximum atomic E-state index is 13.8. The Balaban J connectivity index is 1.88. The van der Waals surface area contributed by atoms with Crippen LogP contribution in [0.15, 0.2) is 47.2 Å². The number of amides is 1. The number of halogens is 1. The van der Waals surface area contributed by atoms with Gasteiger partial charge in [0.2, 0.25) is 0 Å². The standard InChI is InChI=1S/C17H14FNOS/c1-11-9-21-10-12(11)8-19-17(20)15-6-7-16(18)14-5-3-2-4-13(14)15/h2-7,9-10H,8H2,1H3,(H,19,20). The highest BCUT2D eigenvalue weighted by Crippen LogP contribution is 2.22. The Morgan fingerprint density at radius 3 is 2.62 bits per heavy atom. The first-order valence-electron chi connectivity index (χ1n) is 6.64. The van der Waals surface area contributed by atoms with Gasteiger partial charge >= 0.3 is 0 Å². The number of nitrogens with one attached hydrogen (secondary N) is 1. The molecule has 3 rings (SSSR count). The molecule has 1 heterocycles. The zero-order valence-corrected chi connectivity index (χ0v) is 12.3. The Hall–Kier alpha value is -2.20. The molecule has 0 bridgehead atoms. The summed E-state index contributed by atoms with van der Waals surface area (Å²) in [6, 6.07) is 9.90. The Labute approximate surface area is 126 Å². The summed E-state index contributed by atoms with van der Waals surface area (Å²) in [5.74, 6) is -0.493. The minimum absolute atomic E-state index is 0.184. The minimum atomic E-state index is -0.309. The molecule has 1 aromatic heterocycles. The van der Waals surface area contributed by atoms with Gasteiger partial charge in [0.25, 0.3) is 5.91 Å². The van der Waals surface area contributed by atoms with Crippen LogP contribution >= 0.6 is 11.3 Å². The van der Waals surface area contributed by atoms with Crippen molar-refractivity contribution in [3.63, 3.8) is 0 Å². The monoisotopic (exact) mass is 299 g/mol. The average molecular weight is 299 g/mol. The summed E-state index contributed by atoms with van der Waals surface area (Å²) in [6.45, 7) is 2.51. The number of rotatable bonds is 3. The first-order valence-corrected chi connectivity index (χ1v) is 7.58. The SMILES string of the molecule is Cc1cscc1CNC(=O)c1ccc(F)c2ccccc12. The molecule has 0 fully saturated rings. The predicted octanol–water partition coefficient (Wildman–Crippen LogP) is 4.28. The fourth-order valence-corrected chi connectivity index (χ4v) is 3.16. The predicted molar refractivity (Wildman–Crippen MR) is 84.1 cm³/mol. The van der Waals surface area contributed by atoms with E-state index in [1.807, 2.05) is 18.4 Å². The molecule has 0 aliphatic rings. The summed E-state index contributed by atoms with van der Waals surface area (Å²) in [4.78, 5) is 12.3. The second kappa shape index (κ2) is 5.66. The van der Waals surface area contributed by atoms with E-state index in [0.717, 1.165) is 5.56 Å². The summed E-state index contributed by atoms with van der Waals surface area (Å²) in [5, 5.41) is 8.08. The lowest BCUT2D eigenvalue weighted by Gasteiger charge is -2.08. The lowest BCUT2D eigenvalue weighted by atomic mass is 10.0. The third-order valence-electron chi connectivity index (χ3n) is 3.52. The fourth-order valence-electron chi connectivity index (χ4n) is 2.30. The van der Waals surface area contributed by atoms with Crippen molar-refractivity contribution >= 4 is 28.0 Å². The molecule has 0 atom stereocenters. The number of hydrogen-bond donors (Lipinski definition) is 1. The van der Waals surface area contributed by atoms with Crippen molar-refractivity contribution in [3.05, 3.63) is 69.7 Å². The van der Waals surface area contributed by atoms with Crippen LogP contribution in [0, 0.1) is 12.7 Å². The molecule has 4 heteroatoms. The Morgan fingerprint density at radius 1 is 1.14 bits per heavy atom. The molecule has 3 aromatic rings. The zero-order chi connectivity index (χ0) is 14.8. The van der Waals surface area contributed by atoms with Gasteiger partial charge in [0, 0.05) is 17.5 Å². The first kappa shape index (κ1) is 13.8. The van der Waals surface area contributed by atoms with Crippen LogP contribution in [0.4, 0.5) is 4.39 Å². The van der Waals surface area contributed by atoms with Crippen molar-refractivity contribution < 1.29 is 9.18 Å². The van der Waals surface area contributed by atoms with Crippen molar-refractivity contribution in [1.29, 1.82) is 0 Å². The summed E-state index contributed by atoms with van der Waals surface area (Å²) >= 11 is 1.62. The topological polar surface area (TPSA) is 29.1 Å². The van der Waals surface area contributed by atoms with Crippen LogP contribution in [-0.4, -0.2) is 5.91 Å². The third kappa shape index (κ3) is 2.67. The molecule has 2 nitrogen and oxygen atoms in total. The highest BCUT2D eigenvalue weighted by atomic mass is 32.1. The zero-order valence-electron chi connectivity index (χ0n) is 11.5. The van der Waals surface area contributed by atoms with Crippen LogP contribution in [0.25, 0.3) is 10.8 Å². The van der Waals surface area contributed by atoms with E-state index in [1.165, 1.54) is 17.7 Å². The van der Waals surface area contributed by atoms with Crippen molar-refractivity contribution in [3.8, 4) is 0 Å². The average Bonchev–Trinajstić information content (AvgIpc) is 2.91. The molecule has 0 aliphatic heterocycles. The molecule has 2 aromatic carbocycles. The van der Waals surface area contributed by atoms with Crippen molar-refractivity contribution in [2.75, 3.05) is 0 Å². The third-order valence-corrected chi connectivity index (χ3v) is 4.43. The van der Waals surface area contributed by atoms with Crippen LogP contribution in [0.2, 0.25) is 0 Å². The molecular formula is C17H14FNOS. The molecule has 1 N–H and O–H groups in total. The van der Waals surface area contributed by atoms with Crippen LogP contribution in [0.3, 0.4) is 0 Å². The van der Waals surface area contributed by atoms with Crippen molar-refractivity contribution in [2.45, 2.75) is 13.5 Å². The van der Waals surface area contributed by atoms with Crippen molar-refractivity contribution in [1.82, 2.24) is 5.32 Å². The van der Waals surface area contributed by atoms with Gasteiger partial charge in [-0.15, -0.1) is 0 Å². The highest BCUT2D eigenvalue weighted by Gasteiger charge is 2.12. The molecule has 0 radical (unpaired) electrons. The molecule has 1 amide bonds. The minimum Gasteiger partial charge on any atom is -0.348 e. The Morgan fingerprint density at radius 2 is 1.90 bits per heavy atom.